The summed E-state index contributed by atoms with van der Waals surface area (Å²) < 4.78 is 5.72. The van der Waals surface area contributed by atoms with Gasteiger partial charge in [0, 0.05) is 44.8 Å². The molecular formula is C22H13Cl2N3O4S. The van der Waals surface area contributed by atoms with Gasteiger partial charge in [-0.05, 0) is 36.4 Å². The van der Waals surface area contributed by atoms with Crippen molar-refractivity contribution < 1.29 is 14.1 Å². The summed E-state index contributed by atoms with van der Waals surface area (Å²) in [4.78, 5) is 27.0. The van der Waals surface area contributed by atoms with Crippen molar-refractivity contribution >= 4 is 57.3 Å². The molecule has 2 aromatic carbocycles. The molecule has 0 saturated carbocycles. The molecule has 10 heteroatoms. The quantitative estimate of drug-likeness (QED) is 0.181. The highest BCUT2D eigenvalue weighted by atomic mass is 35.5. The lowest BCUT2D eigenvalue weighted by Gasteiger charge is -1.99. The van der Waals surface area contributed by atoms with Gasteiger partial charge in [0.15, 0.2) is 5.13 Å². The molecule has 0 aliphatic rings. The molecule has 0 bridgehead atoms. The summed E-state index contributed by atoms with van der Waals surface area (Å²) in [6, 6.07) is 14.7. The SMILES string of the molecule is O=C(/C=C/c1ccc(-c2cc(Cl)cc(Cl)c2)o1)Nc1nc(-c2cccc([N+](=O)[O-])c2)cs1. The lowest BCUT2D eigenvalue weighted by atomic mass is 10.1. The van der Waals surface area contributed by atoms with Crippen molar-refractivity contribution in [1.29, 1.82) is 0 Å². The second-order valence-corrected chi connectivity index (χ2v) is 8.26. The third-order valence-corrected chi connectivity index (χ3v) is 5.45. The van der Waals surface area contributed by atoms with Crippen LogP contribution in [0.2, 0.25) is 10.0 Å². The zero-order valence-corrected chi connectivity index (χ0v) is 18.4. The van der Waals surface area contributed by atoms with Crippen LogP contribution in [0, 0.1) is 10.1 Å². The Kier molecular flexibility index (Phi) is 6.36. The van der Waals surface area contributed by atoms with Gasteiger partial charge in [0.25, 0.3) is 5.69 Å². The van der Waals surface area contributed by atoms with Gasteiger partial charge in [-0.2, -0.15) is 0 Å². The number of nitro groups is 1. The van der Waals surface area contributed by atoms with Crippen LogP contribution in [0.5, 0.6) is 0 Å². The summed E-state index contributed by atoms with van der Waals surface area (Å²) in [5.74, 6) is 0.646. The van der Waals surface area contributed by atoms with Crippen LogP contribution in [-0.2, 0) is 4.79 Å². The van der Waals surface area contributed by atoms with E-state index in [4.69, 9.17) is 27.6 Å². The molecular weight excluding hydrogens is 473 g/mol. The van der Waals surface area contributed by atoms with E-state index in [0.29, 0.717) is 38.0 Å². The van der Waals surface area contributed by atoms with Crippen molar-refractivity contribution in [3.8, 4) is 22.6 Å². The number of nitrogens with one attached hydrogen (secondary N) is 1. The summed E-state index contributed by atoms with van der Waals surface area (Å²) in [5.41, 5.74) is 1.83. The number of aromatic nitrogens is 1. The summed E-state index contributed by atoms with van der Waals surface area (Å²) in [6.45, 7) is 0. The maximum absolute atomic E-state index is 12.2. The fourth-order valence-corrected chi connectivity index (χ4v) is 4.09. The number of benzene rings is 2. The Balaban J connectivity index is 1.42. The monoisotopic (exact) mass is 485 g/mol. The van der Waals surface area contributed by atoms with Crippen molar-refractivity contribution in [2.45, 2.75) is 0 Å². The maximum Gasteiger partial charge on any atom is 0.270 e. The van der Waals surface area contributed by atoms with Gasteiger partial charge in [0.2, 0.25) is 5.91 Å². The molecule has 160 valence electrons. The van der Waals surface area contributed by atoms with Gasteiger partial charge in [-0.25, -0.2) is 4.98 Å². The summed E-state index contributed by atoms with van der Waals surface area (Å²) >= 11 is 13.3. The second kappa shape index (κ2) is 9.35. The fraction of sp³-hybridized carbons (Fsp3) is 0. The number of non-ortho nitro benzene ring substituents is 1. The number of hydrogen-bond acceptors (Lipinski definition) is 6. The van der Waals surface area contributed by atoms with E-state index in [1.807, 2.05) is 0 Å². The van der Waals surface area contributed by atoms with E-state index in [-0.39, 0.29) is 5.69 Å². The van der Waals surface area contributed by atoms with Gasteiger partial charge < -0.3 is 4.42 Å². The molecule has 0 atom stereocenters. The lowest BCUT2D eigenvalue weighted by Crippen LogP contribution is -2.07. The molecule has 0 spiro atoms. The summed E-state index contributed by atoms with van der Waals surface area (Å²) in [5, 5.41) is 16.7. The van der Waals surface area contributed by atoms with Crippen molar-refractivity contribution in [2.24, 2.45) is 0 Å². The largest absolute Gasteiger partial charge is 0.457 e. The number of carbonyl (C=O) groups excluding carboxylic acids is 1. The van der Waals surface area contributed by atoms with Crippen LogP contribution in [-0.4, -0.2) is 15.8 Å². The number of amides is 1. The standard InChI is InChI=1S/C22H13Cl2N3O4S/c23-15-8-14(9-16(24)11-15)20-6-4-18(31-20)5-7-21(28)26-22-25-19(12-32-22)13-2-1-3-17(10-13)27(29)30/h1-12H,(H,25,26,28)/b7-5+. The Labute approximate surface area is 196 Å². The normalized spacial score (nSPS) is 11.1. The Morgan fingerprint density at radius 1 is 1.09 bits per heavy atom. The van der Waals surface area contributed by atoms with Gasteiger partial charge in [0.1, 0.15) is 11.5 Å². The summed E-state index contributed by atoms with van der Waals surface area (Å²) in [6.07, 6.45) is 2.85. The third kappa shape index (κ3) is 5.23. The molecule has 0 fully saturated rings. The molecule has 0 aliphatic heterocycles. The van der Waals surface area contributed by atoms with Crippen LogP contribution in [0.25, 0.3) is 28.7 Å². The predicted octanol–water partition coefficient (Wildman–Crippen LogP) is 6.94. The molecule has 1 amide bonds. The second-order valence-electron chi connectivity index (χ2n) is 6.53. The number of nitrogens with zero attached hydrogens (tertiary/aromatic N) is 2. The van der Waals surface area contributed by atoms with Gasteiger partial charge in [-0.1, -0.05) is 35.3 Å². The highest BCUT2D eigenvalue weighted by Gasteiger charge is 2.11. The van der Waals surface area contributed by atoms with Crippen LogP contribution >= 0.6 is 34.5 Å². The molecule has 4 rings (SSSR count). The number of furan rings is 1. The first-order chi connectivity index (χ1) is 15.4. The van der Waals surface area contributed by atoms with E-state index in [2.05, 4.69) is 10.3 Å². The van der Waals surface area contributed by atoms with Crippen molar-refractivity contribution in [2.75, 3.05) is 5.32 Å². The zero-order valence-electron chi connectivity index (χ0n) is 16.1. The molecule has 0 unspecified atom stereocenters. The Bertz CT molecular complexity index is 1330. The number of nitro benzene ring substituents is 1. The number of anilines is 1. The fourth-order valence-electron chi connectivity index (χ4n) is 2.84. The summed E-state index contributed by atoms with van der Waals surface area (Å²) in [7, 11) is 0. The van der Waals surface area contributed by atoms with Gasteiger partial charge in [0.05, 0.1) is 10.6 Å². The minimum Gasteiger partial charge on any atom is -0.457 e. The van der Waals surface area contributed by atoms with Gasteiger partial charge >= 0.3 is 0 Å². The van der Waals surface area contributed by atoms with Gasteiger partial charge in [-0.15, -0.1) is 11.3 Å². The number of halogens is 2. The molecule has 7 nitrogen and oxygen atoms in total. The first-order valence-electron chi connectivity index (χ1n) is 9.13. The van der Waals surface area contributed by atoms with Crippen LogP contribution in [0.15, 0.2) is 70.5 Å². The maximum atomic E-state index is 12.2. The van der Waals surface area contributed by atoms with E-state index in [1.54, 1.807) is 47.8 Å². The predicted molar refractivity (Wildman–Crippen MR) is 126 cm³/mol. The molecule has 4 aromatic rings. The highest BCUT2D eigenvalue weighted by molar-refractivity contribution is 7.14. The molecule has 2 heterocycles. The first kappa shape index (κ1) is 21.8. The topological polar surface area (TPSA) is 98.3 Å². The van der Waals surface area contributed by atoms with E-state index in [0.717, 1.165) is 5.56 Å². The molecule has 1 N–H and O–H groups in total. The number of carbonyl (C=O) groups is 1. The number of thiazole rings is 1. The van der Waals surface area contributed by atoms with Crippen molar-refractivity contribution in [3.05, 3.63) is 92.0 Å². The average molecular weight is 486 g/mol. The average Bonchev–Trinajstić information content (AvgIpc) is 3.41. The van der Waals surface area contributed by atoms with E-state index in [9.17, 15) is 14.9 Å². The molecule has 0 saturated heterocycles. The van der Waals surface area contributed by atoms with Crippen LogP contribution in [0.4, 0.5) is 10.8 Å². The van der Waals surface area contributed by atoms with Crippen LogP contribution in [0.3, 0.4) is 0 Å². The van der Waals surface area contributed by atoms with Crippen molar-refractivity contribution in [3.63, 3.8) is 0 Å². The van der Waals surface area contributed by atoms with E-state index in [1.165, 1.54) is 35.6 Å². The molecule has 2 aromatic heterocycles. The van der Waals surface area contributed by atoms with Crippen molar-refractivity contribution in [1.82, 2.24) is 4.98 Å². The minimum atomic E-state index is -0.468. The highest BCUT2D eigenvalue weighted by Crippen LogP contribution is 2.29. The smallest absolute Gasteiger partial charge is 0.270 e. The lowest BCUT2D eigenvalue weighted by molar-refractivity contribution is -0.384. The van der Waals surface area contributed by atoms with Gasteiger partial charge in [-0.3, -0.25) is 20.2 Å². The molecule has 0 aliphatic carbocycles. The van der Waals surface area contributed by atoms with E-state index < -0.39 is 10.8 Å². The Hall–Kier alpha value is -3.46. The molecule has 32 heavy (non-hydrogen) atoms. The van der Waals surface area contributed by atoms with Crippen LogP contribution < -0.4 is 5.32 Å². The Morgan fingerprint density at radius 3 is 2.62 bits per heavy atom. The Morgan fingerprint density at radius 2 is 1.88 bits per heavy atom. The van der Waals surface area contributed by atoms with Crippen LogP contribution in [0.1, 0.15) is 5.76 Å². The number of rotatable bonds is 6. The third-order valence-electron chi connectivity index (χ3n) is 4.26. The first-order valence-corrected chi connectivity index (χ1v) is 10.8. The number of hydrogen-bond donors (Lipinski definition) is 1. The van der Waals surface area contributed by atoms with E-state index >= 15 is 0 Å². The zero-order chi connectivity index (χ0) is 22.7. The minimum absolute atomic E-state index is 0.0260. The molecule has 0 radical (unpaired) electrons.